The first-order chi connectivity index (χ1) is 18.2. The molecule has 0 saturated carbocycles. The van der Waals surface area contributed by atoms with E-state index < -0.39 is 9.52 Å². The van der Waals surface area contributed by atoms with Crippen LogP contribution in [0.5, 0.6) is 0 Å². The van der Waals surface area contributed by atoms with Gasteiger partial charge in [0.2, 0.25) is 5.95 Å². The van der Waals surface area contributed by atoms with Gasteiger partial charge in [-0.15, -0.1) is 0 Å². The first kappa shape index (κ1) is 25.8. The zero-order valence-electron chi connectivity index (χ0n) is 21.6. The molecule has 0 radical (unpaired) electrons. The molecule has 11 heteroatoms. The van der Waals surface area contributed by atoms with E-state index in [0.717, 1.165) is 31.7 Å². The molecule has 0 spiro atoms. The number of fused-ring (bicyclic) bond motifs is 1. The highest BCUT2D eigenvalue weighted by molar-refractivity contribution is 7.99. The van der Waals surface area contributed by atoms with Crippen molar-refractivity contribution in [2.24, 2.45) is 0 Å². The molecule has 4 aromatic rings. The van der Waals surface area contributed by atoms with Gasteiger partial charge < -0.3 is 15.5 Å². The van der Waals surface area contributed by atoms with Crippen molar-refractivity contribution in [1.29, 1.82) is 0 Å². The molecule has 1 saturated heterocycles. The largest absolute Gasteiger partial charge is 0.367 e. The lowest BCUT2D eigenvalue weighted by Gasteiger charge is -2.29. The lowest BCUT2D eigenvalue weighted by molar-refractivity contribution is 0.566. The molecular weight excluding hydrogens is 505 g/mol. The smallest absolute Gasteiger partial charge is 0.260 e. The van der Waals surface area contributed by atoms with Crippen LogP contribution in [-0.2, 0) is 16.1 Å². The number of rotatable bonds is 6. The van der Waals surface area contributed by atoms with Gasteiger partial charge in [-0.3, -0.25) is 13.6 Å². The summed E-state index contributed by atoms with van der Waals surface area (Å²) < 4.78 is 29.0. The first-order valence-corrected chi connectivity index (χ1v) is 14.5. The van der Waals surface area contributed by atoms with E-state index in [4.69, 9.17) is 0 Å². The number of nitrogens with one attached hydrogen (secondary N) is 2. The topological polar surface area (TPSA) is 105 Å². The molecule has 38 heavy (non-hydrogen) atoms. The molecule has 1 aromatic carbocycles. The molecule has 1 fully saturated rings. The summed E-state index contributed by atoms with van der Waals surface area (Å²) in [6.45, 7) is 7.24. The van der Waals surface area contributed by atoms with Gasteiger partial charge in [-0.25, -0.2) is 14.4 Å². The van der Waals surface area contributed by atoms with Crippen molar-refractivity contribution < 1.29 is 8.60 Å². The van der Waals surface area contributed by atoms with Gasteiger partial charge in [0.1, 0.15) is 16.5 Å². The zero-order chi connectivity index (χ0) is 27.0. The Kier molecular flexibility index (Phi) is 6.89. The van der Waals surface area contributed by atoms with Crippen LogP contribution < -0.4 is 21.1 Å². The molecular formula is C27H30FN7O2S. The molecule has 0 bridgehead atoms. The highest BCUT2D eigenvalue weighted by atomic mass is 32.2. The van der Waals surface area contributed by atoms with Gasteiger partial charge in [0.15, 0.2) is 0 Å². The predicted molar refractivity (Wildman–Crippen MR) is 152 cm³/mol. The molecule has 1 aliphatic rings. The van der Waals surface area contributed by atoms with Gasteiger partial charge in [0.25, 0.3) is 5.56 Å². The van der Waals surface area contributed by atoms with Gasteiger partial charge in [-0.1, -0.05) is 0 Å². The minimum absolute atomic E-state index is 0.233. The summed E-state index contributed by atoms with van der Waals surface area (Å²) in [6.07, 6.45) is 4.76. The predicted octanol–water partition coefficient (Wildman–Crippen LogP) is 3.18. The quantitative estimate of drug-likeness (QED) is 0.363. The third kappa shape index (κ3) is 4.99. The number of hydrogen-bond donors (Lipinski definition) is 2. The number of aromatic nitrogens is 4. The Balaban J connectivity index is 1.51. The number of anilines is 3. The van der Waals surface area contributed by atoms with Crippen LogP contribution in [-0.4, -0.2) is 62.0 Å². The van der Waals surface area contributed by atoms with E-state index >= 15 is 0 Å². The van der Waals surface area contributed by atoms with Crippen LogP contribution in [0, 0.1) is 12.7 Å². The maximum atomic E-state index is 14.9. The summed E-state index contributed by atoms with van der Waals surface area (Å²) in [6, 6.07) is 8.39. The lowest BCUT2D eigenvalue weighted by atomic mass is 10.0. The number of nitrogens with zero attached hydrogens (tertiary/aromatic N) is 5. The average Bonchev–Trinajstić information content (AvgIpc) is 2.89. The first-order valence-electron chi connectivity index (χ1n) is 12.4. The second-order valence-corrected chi connectivity index (χ2v) is 11.9. The third-order valence-electron chi connectivity index (χ3n) is 6.62. The number of hydrogen-bond acceptors (Lipinski definition) is 8. The van der Waals surface area contributed by atoms with Gasteiger partial charge in [0, 0.05) is 77.5 Å². The van der Waals surface area contributed by atoms with Gasteiger partial charge in [-0.2, -0.15) is 4.98 Å². The molecule has 0 aliphatic carbocycles. The molecule has 4 heterocycles. The molecule has 2 N–H and O–H groups in total. The lowest BCUT2D eigenvalue weighted by Crippen LogP contribution is -2.43. The summed E-state index contributed by atoms with van der Waals surface area (Å²) in [5.74, 6) is 3.65. The average molecular weight is 536 g/mol. The van der Waals surface area contributed by atoms with Crippen LogP contribution >= 0.6 is 0 Å². The number of halogens is 1. The van der Waals surface area contributed by atoms with Crippen molar-refractivity contribution in [2.45, 2.75) is 25.4 Å². The Morgan fingerprint density at radius 1 is 1.13 bits per heavy atom. The number of aryl methyl sites for hydroxylation is 2. The minimum atomic E-state index is -2.55. The van der Waals surface area contributed by atoms with Crippen molar-refractivity contribution in [3.63, 3.8) is 0 Å². The van der Waals surface area contributed by atoms with E-state index in [1.54, 1.807) is 41.2 Å². The number of benzene rings is 1. The van der Waals surface area contributed by atoms with E-state index in [1.807, 2.05) is 18.7 Å². The van der Waals surface area contributed by atoms with Crippen LogP contribution in [0.1, 0.15) is 12.5 Å². The highest BCUT2D eigenvalue weighted by Crippen LogP contribution is 2.27. The molecule has 1 atom stereocenters. The molecule has 5 rings (SSSR count). The third-order valence-corrected chi connectivity index (χ3v) is 7.72. The SMILES string of the molecule is C=S(C)(=O)c1cc(-c2cc3cnc(Nc4ccc(N5CCNCC5)c(F)c4)nc3n(CC)c2=O)c(C)cn1. The Labute approximate surface area is 220 Å². The fourth-order valence-electron chi connectivity index (χ4n) is 4.61. The van der Waals surface area contributed by atoms with Crippen LogP contribution in [0.3, 0.4) is 0 Å². The molecule has 9 nitrogen and oxygen atoms in total. The van der Waals surface area contributed by atoms with Crippen molar-refractivity contribution in [1.82, 2.24) is 24.8 Å². The second-order valence-electron chi connectivity index (χ2n) is 9.45. The van der Waals surface area contributed by atoms with Crippen molar-refractivity contribution in [3.05, 3.63) is 64.5 Å². The summed E-state index contributed by atoms with van der Waals surface area (Å²) in [5.41, 5.74) is 3.17. The van der Waals surface area contributed by atoms with Crippen LogP contribution in [0.4, 0.5) is 21.7 Å². The zero-order valence-corrected chi connectivity index (χ0v) is 22.4. The number of pyridine rings is 2. The maximum absolute atomic E-state index is 14.9. The second kappa shape index (κ2) is 10.1. The fraction of sp³-hybridized carbons (Fsp3) is 0.296. The van der Waals surface area contributed by atoms with Crippen molar-refractivity contribution >= 4 is 43.7 Å². The monoisotopic (exact) mass is 535 g/mol. The summed E-state index contributed by atoms with van der Waals surface area (Å²) in [4.78, 5) is 28.8. The van der Waals surface area contributed by atoms with Gasteiger partial charge in [0.05, 0.1) is 5.69 Å². The van der Waals surface area contributed by atoms with Crippen LogP contribution in [0.15, 0.2) is 52.5 Å². The Morgan fingerprint density at radius 3 is 2.58 bits per heavy atom. The molecule has 3 aromatic heterocycles. The van der Waals surface area contributed by atoms with E-state index in [9.17, 15) is 13.4 Å². The summed E-state index contributed by atoms with van der Waals surface area (Å²) in [7, 11) is -2.55. The fourth-order valence-corrected chi connectivity index (χ4v) is 5.26. The van der Waals surface area contributed by atoms with Crippen molar-refractivity contribution in [2.75, 3.05) is 42.7 Å². The van der Waals surface area contributed by atoms with E-state index in [0.29, 0.717) is 45.1 Å². The molecule has 1 unspecified atom stereocenters. The standard InChI is InChI=1S/C27H30FN7O2S/c1-5-35-25-18(12-21(26(35)36)20-14-24(38(3,4)37)30-15-17(20)2)16-31-27(33-25)32-19-6-7-23(22(28)13-19)34-10-8-29-9-11-34/h6-7,12-16,29H,3,5,8-11H2,1-2,4H3,(H,31,32,33). The van der Waals surface area contributed by atoms with Crippen LogP contribution in [0.2, 0.25) is 0 Å². The number of piperazine rings is 1. The maximum Gasteiger partial charge on any atom is 0.260 e. The van der Waals surface area contributed by atoms with E-state index in [1.165, 1.54) is 12.3 Å². The minimum Gasteiger partial charge on any atom is -0.367 e. The van der Waals surface area contributed by atoms with Gasteiger partial charge in [-0.05, 0) is 61.2 Å². The molecule has 198 valence electrons. The van der Waals surface area contributed by atoms with Gasteiger partial charge >= 0.3 is 0 Å². The summed E-state index contributed by atoms with van der Waals surface area (Å²) >= 11 is 0. The van der Waals surface area contributed by atoms with E-state index in [-0.39, 0.29) is 17.3 Å². The van der Waals surface area contributed by atoms with Crippen LogP contribution in [0.25, 0.3) is 22.2 Å². The van der Waals surface area contributed by atoms with Crippen molar-refractivity contribution in [3.8, 4) is 11.1 Å². The summed E-state index contributed by atoms with van der Waals surface area (Å²) in [5, 5.41) is 7.33. The van der Waals surface area contributed by atoms with E-state index in [2.05, 4.69) is 31.5 Å². The molecule has 0 amide bonds. The Bertz CT molecular complexity index is 1700. The Morgan fingerprint density at radius 2 is 1.89 bits per heavy atom. The molecule has 1 aliphatic heterocycles. The Hall–Kier alpha value is -3.83. The normalized spacial score (nSPS) is 15.4. The highest BCUT2D eigenvalue weighted by Gasteiger charge is 2.18.